The van der Waals surface area contributed by atoms with E-state index in [0.717, 1.165) is 18.4 Å². The van der Waals surface area contributed by atoms with Crippen molar-refractivity contribution in [3.05, 3.63) is 88.6 Å². The van der Waals surface area contributed by atoms with E-state index in [9.17, 15) is 14.7 Å². The summed E-state index contributed by atoms with van der Waals surface area (Å²) in [6.45, 7) is 3.87. The van der Waals surface area contributed by atoms with Gasteiger partial charge < -0.3 is 14.7 Å². The number of aromatic nitrogens is 4. The number of carbonyl (C=O) groups excluding carboxylic acids is 1. The first-order chi connectivity index (χ1) is 19.0. The number of aromatic hydroxyl groups is 1. The Morgan fingerprint density at radius 3 is 2.36 bits per heavy atom. The van der Waals surface area contributed by atoms with E-state index in [1.165, 1.54) is 17.0 Å². The van der Waals surface area contributed by atoms with Crippen LogP contribution in [0, 0.1) is 17.2 Å². The lowest BCUT2D eigenvalue weighted by molar-refractivity contribution is 0.0525. The van der Waals surface area contributed by atoms with E-state index in [0.29, 0.717) is 48.1 Å². The lowest BCUT2D eigenvalue weighted by Crippen LogP contribution is -2.37. The Bertz CT molecular complexity index is 1550. The van der Waals surface area contributed by atoms with Crippen LogP contribution >= 0.6 is 0 Å². The van der Waals surface area contributed by atoms with E-state index < -0.39 is 5.97 Å². The minimum absolute atomic E-state index is 0.136. The summed E-state index contributed by atoms with van der Waals surface area (Å²) in [6, 6.07) is 18.0. The Labute approximate surface area is 225 Å². The van der Waals surface area contributed by atoms with Crippen LogP contribution < -0.4 is 10.6 Å². The third kappa shape index (κ3) is 5.25. The van der Waals surface area contributed by atoms with Crippen molar-refractivity contribution in [2.75, 3.05) is 24.6 Å². The van der Waals surface area contributed by atoms with Crippen molar-refractivity contribution in [1.29, 1.82) is 5.26 Å². The SMILES string of the molecule is CCOC(=O)c1cnc(N2CCC(Cn3c(-c4ccccc4)c(O)n(-c4ccc(C#N)cc4)c3=O)CC2)nc1. The lowest BCUT2D eigenvalue weighted by Gasteiger charge is -2.32. The Morgan fingerprint density at radius 2 is 1.74 bits per heavy atom. The number of anilines is 1. The van der Waals surface area contributed by atoms with Crippen molar-refractivity contribution in [3.63, 3.8) is 0 Å². The Hall–Kier alpha value is -4.91. The maximum absolute atomic E-state index is 13.7. The number of nitriles is 1. The van der Waals surface area contributed by atoms with E-state index in [2.05, 4.69) is 20.9 Å². The first-order valence-electron chi connectivity index (χ1n) is 12.8. The maximum Gasteiger partial charge on any atom is 0.341 e. The molecule has 1 saturated heterocycles. The van der Waals surface area contributed by atoms with E-state index in [-0.39, 0.29) is 24.1 Å². The monoisotopic (exact) mass is 524 g/mol. The summed E-state index contributed by atoms with van der Waals surface area (Å²) in [6.07, 6.45) is 4.55. The highest BCUT2D eigenvalue weighted by Gasteiger charge is 2.27. The van der Waals surface area contributed by atoms with Crippen LogP contribution in [-0.2, 0) is 11.3 Å². The number of piperidine rings is 1. The van der Waals surface area contributed by atoms with E-state index >= 15 is 0 Å². The Kier molecular flexibility index (Phi) is 7.41. The molecular weight excluding hydrogens is 496 g/mol. The molecule has 2 aromatic heterocycles. The first kappa shape index (κ1) is 25.7. The van der Waals surface area contributed by atoms with Crippen LogP contribution in [0.2, 0.25) is 0 Å². The molecule has 0 radical (unpaired) electrons. The van der Waals surface area contributed by atoms with Crippen LogP contribution in [-0.4, -0.2) is 49.9 Å². The maximum atomic E-state index is 13.7. The predicted octanol–water partition coefficient (Wildman–Crippen LogP) is 3.77. The summed E-state index contributed by atoms with van der Waals surface area (Å²) in [5.74, 6) is 0.159. The number of nitrogens with zero attached hydrogens (tertiary/aromatic N) is 6. The second-order valence-corrected chi connectivity index (χ2v) is 9.35. The van der Waals surface area contributed by atoms with Crippen molar-refractivity contribution in [2.45, 2.75) is 26.3 Å². The molecule has 1 N–H and O–H groups in total. The largest absolute Gasteiger partial charge is 0.493 e. The summed E-state index contributed by atoms with van der Waals surface area (Å²) < 4.78 is 7.93. The zero-order valence-electron chi connectivity index (χ0n) is 21.5. The molecule has 198 valence electrons. The topological polar surface area (TPSA) is 126 Å². The number of rotatable bonds is 7. The van der Waals surface area contributed by atoms with E-state index in [1.54, 1.807) is 35.8 Å². The lowest BCUT2D eigenvalue weighted by atomic mass is 9.96. The number of ether oxygens (including phenoxy) is 1. The van der Waals surface area contributed by atoms with Crippen molar-refractivity contribution in [1.82, 2.24) is 19.1 Å². The molecule has 1 aliphatic heterocycles. The fraction of sp³-hybridized carbons (Fsp3) is 0.276. The molecule has 0 amide bonds. The van der Waals surface area contributed by atoms with Gasteiger partial charge in [0.1, 0.15) is 5.69 Å². The van der Waals surface area contributed by atoms with Gasteiger partial charge in [0.2, 0.25) is 11.8 Å². The highest BCUT2D eigenvalue weighted by atomic mass is 16.5. The normalized spacial score (nSPS) is 13.7. The highest BCUT2D eigenvalue weighted by molar-refractivity contribution is 5.88. The first-order valence-corrected chi connectivity index (χ1v) is 12.8. The van der Waals surface area contributed by atoms with Crippen LogP contribution in [0.5, 0.6) is 5.88 Å². The van der Waals surface area contributed by atoms with Gasteiger partial charge in [0.05, 0.1) is 29.5 Å². The number of hydrogen-bond donors (Lipinski definition) is 1. The van der Waals surface area contributed by atoms with Crippen molar-refractivity contribution in [3.8, 4) is 28.9 Å². The van der Waals surface area contributed by atoms with Crippen LogP contribution in [0.15, 0.2) is 71.8 Å². The van der Waals surface area contributed by atoms with Gasteiger partial charge in [-0.25, -0.2) is 24.1 Å². The predicted molar refractivity (Wildman–Crippen MR) is 145 cm³/mol. The van der Waals surface area contributed by atoms with E-state index in [4.69, 9.17) is 10.00 Å². The van der Waals surface area contributed by atoms with Crippen LogP contribution in [0.3, 0.4) is 0 Å². The minimum atomic E-state index is -0.446. The van der Waals surface area contributed by atoms with Crippen LogP contribution in [0.25, 0.3) is 16.9 Å². The highest BCUT2D eigenvalue weighted by Crippen LogP contribution is 2.32. The molecule has 0 saturated carbocycles. The second-order valence-electron chi connectivity index (χ2n) is 9.35. The Balaban J connectivity index is 1.37. The number of carbonyl (C=O) groups is 1. The molecule has 4 aromatic rings. The summed E-state index contributed by atoms with van der Waals surface area (Å²) in [5.41, 5.74) is 2.15. The van der Waals surface area contributed by atoms with Gasteiger partial charge in [0.15, 0.2) is 0 Å². The quantitative estimate of drug-likeness (QED) is 0.362. The fourth-order valence-corrected chi connectivity index (χ4v) is 4.88. The molecule has 5 rings (SSSR count). The summed E-state index contributed by atoms with van der Waals surface area (Å²) in [7, 11) is 0. The average molecular weight is 525 g/mol. The smallest absolute Gasteiger partial charge is 0.341 e. The third-order valence-electron chi connectivity index (χ3n) is 6.91. The number of esters is 1. The molecule has 10 nitrogen and oxygen atoms in total. The molecule has 3 heterocycles. The molecule has 1 aliphatic rings. The zero-order chi connectivity index (χ0) is 27.4. The standard InChI is InChI=1S/C29H28N6O4/c1-2-39-27(37)23-17-31-28(32-18-23)33-14-12-21(13-15-33)19-34-25(22-6-4-3-5-7-22)26(36)35(29(34)38)24-10-8-20(16-30)9-11-24/h3-11,17-18,21,36H,2,12-15,19H2,1H3. The molecule has 10 heteroatoms. The van der Waals surface area contributed by atoms with Gasteiger partial charge in [-0.15, -0.1) is 0 Å². The third-order valence-corrected chi connectivity index (χ3v) is 6.91. The molecule has 0 atom stereocenters. The second kappa shape index (κ2) is 11.2. The Morgan fingerprint density at radius 1 is 1.08 bits per heavy atom. The molecule has 0 unspecified atom stereocenters. The molecular formula is C29H28N6O4. The van der Waals surface area contributed by atoms with Crippen LogP contribution in [0.1, 0.15) is 35.7 Å². The van der Waals surface area contributed by atoms with Gasteiger partial charge >= 0.3 is 11.7 Å². The zero-order valence-corrected chi connectivity index (χ0v) is 21.5. The van der Waals surface area contributed by atoms with Gasteiger partial charge in [-0.05, 0) is 49.9 Å². The summed E-state index contributed by atoms with van der Waals surface area (Å²) in [4.78, 5) is 36.3. The number of benzene rings is 2. The van der Waals surface area contributed by atoms with Crippen molar-refractivity contribution >= 4 is 11.9 Å². The molecule has 39 heavy (non-hydrogen) atoms. The summed E-state index contributed by atoms with van der Waals surface area (Å²) in [5, 5.41) is 20.4. The summed E-state index contributed by atoms with van der Waals surface area (Å²) >= 11 is 0. The molecule has 1 fully saturated rings. The molecule has 0 bridgehead atoms. The number of hydrogen-bond acceptors (Lipinski definition) is 8. The molecule has 0 aliphatic carbocycles. The van der Waals surface area contributed by atoms with Gasteiger partial charge in [0.25, 0.3) is 0 Å². The van der Waals surface area contributed by atoms with Gasteiger partial charge in [-0.1, -0.05) is 30.3 Å². The van der Waals surface area contributed by atoms with Crippen molar-refractivity contribution < 1.29 is 14.6 Å². The van der Waals surface area contributed by atoms with Gasteiger partial charge in [-0.2, -0.15) is 5.26 Å². The minimum Gasteiger partial charge on any atom is -0.493 e. The van der Waals surface area contributed by atoms with Gasteiger partial charge in [0, 0.05) is 37.6 Å². The van der Waals surface area contributed by atoms with Crippen LogP contribution in [0.4, 0.5) is 5.95 Å². The average Bonchev–Trinajstić information content (AvgIpc) is 3.22. The van der Waals surface area contributed by atoms with E-state index in [1.807, 2.05) is 30.3 Å². The van der Waals surface area contributed by atoms with Crippen molar-refractivity contribution in [2.24, 2.45) is 5.92 Å². The fourth-order valence-electron chi connectivity index (χ4n) is 4.88. The molecule has 2 aromatic carbocycles. The number of imidazole rings is 1. The van der Waals surface area contributed by atoms with Gasteiger partial charge in [-0.3, -0.25) is 4.57 Å². The molecule has 0 spiro atoms.